The normalized spacial score (nSPS) is 13.7. The highest BCUT2D eigenvalue weighted by molar-refractivity contribution is 5.94. The first kappa shape index (κ1) is 15.3. The molecule has 1 aromatic carbocycles. The Labute approximate surface area is 125 Å². The van der Waals surface area contributed by atoms with Crippen molar-refractivity contribution in [3.8, 4) is 0 Å². The van der Waals surface area contributed by atoms with E-state index in [1.165, 1.54) is 5.56 Å². The number of nitrogens with one attached hydrogen (secondary N) is 2. The molecule has 2 unspecified atom stereocenters. The van der Waals surface area contributed by atoms with Crippen molar-refractivity contribution in [2.45, 2.75) is 39.4 Å². The summed E-state index contributed by atoms with van der Waals surface area (Å²) in [7, 11) is 0. The van der Waals surface area contributed by atoms with E-state index >= 15 is 0 Å². The lowest BCUT2D eigenvalue weighted by Gasteiger charge is -2.19. The first-order chi connectivity index (χ1) is 10.0. The van der Waals surface area contributed by atoms with E-state index in [9.17, 15) is 4.79 Å². The van der Waals surface area contributed by atoms with Crippen LogP contribution in [0.4, 0.5) is 5.69 Å². The fourth-order valence-electron chi connectivity index (χ4n) is 2.13. The van der Waals surface area contributed by atoms with Crippen molar-refractivity contribution >= 4 is 11.6 Å². The topological polar surface area (TPSA) is 59.0 Å². The molecule has 1 heterocycles. The average molecular weight is 286 g/mol. The summed E-state index contributed by atoms with van der Waals surface area (Å²) in [5.41, 5.74) is 1.99. The second kappa shape index (κ2) is 7.04. The summed E-state index contributed by atoms with van der Waals surface area (Å²) in [5.74, 6) is -0.0360. The number of benzene rings is 1. The zero-order valence-electron chi connectivity index (χ0n) is 12.7. The van der Waals surface area contributed by atoms with E-state index in [4.69, 9.17) is 0 Å². The molecule has 0 saturated heterocycles. The second-order valence-electron chi connectivity index (χ2n) is 5.37. The number of nitrogens with zero attached hydrogens (tertiary/aromatic N) is 2. The van der Waals surface area contributed by atoms with Crippen LogP contribution >= 0.6 is 0 Å². The quantitative estimate of drug-likeness (QED) is 0.856. The van der Waals surface area contributed by atoms with Crippen LogP contribution in [0.3, 0.4) is 0 Å². The summed E-state index contributed by atoms with van der Waals surface area (Å²) in [4.78, 5) is 12.1. The van der Waals surface area contributed by atoms with Gasteiger partial charge in [-0.2, -0.15) is 5.10 Å². The molecule has 2 atom stereocenters. The summed E-state index contributed by atoms with van der Waals surface area (Å²) in [5, 5.41) is 10.3. The Balaban J connectivity index is 1.83. The van der Waals surface area contributed by atoms with Gasteiger partial charge in [0.15, 0.2) is 0 Å². The molecule has 0 aliphatic heterocycles. The lowest BCUT2D eigenvalue weighted by Crippen LogP contribution is -2.44. The molecule has 0 radical (unpaired) electrons. The maximum absolute atomic E-state index is 12.1. The van der Waals surface area contributed by atoms with Gasteiger partial charge in [-0.25, -0.2) is 0 Å². The summed E-state index contributed by atoms with van der Waals surface area (Å²) in [6.07, 6.45) is 3.66. The average Bonchev–Trinajstić information content (AvgIpc) is 2.94. The number of rotatable bonds is 6. The third kappa shape index (κ3) is 4.72. The van der Waals surface area contributed by atoms with Gasteiger partial charge in [0.05, 0.1) is 12.6 Å². The zero-order chi connectivity index (χ0) is 15.2. The number of amides is 1. The van der Waals surface area contributed by atoms with Gasteiger partial charge in [0.2, 0.25) is 5.91 Å². The molecule has 1 aromatic heterocycles. The lowest BCUT2D eigenvalue weighted by molar-refractivity contribution is -0.118. The van der Waals surface area contributed by atoms with Gasteiger partial charge in [-0.05, 0) is 39.0 Å². The highest BCUT2D eigenvalue weighted by atomic mass is 16.2. The fourth-order valence-corrected chi connectivity index (χ4v) is 2.13. The SMILES string of the molecule is Cc1ccc(NC(=O)C(C)NC(C)Cn2cccn2)cc1. The van der Waals surface area contributed by atoms with E-state index in [-0.39, 0.29) is 18.0 Å². The van der Waals surface area contributed by atoms with Crippen LogP contribution in [0.1, 0.15) is 19.4 Å². The van der Waals surface area contributed by atoms with E-state index < -0.39 is 0 Å². The first-order valence-electron chi connectivity index (χ1n) is 7.15. The van der Waals surface area contributed by atoms with Crippen LogP contribution in [-0.2, 0) is 11.3 Å². The molecule has 1 amide bonds. The van der Waals surface area contributed by atoms with Gasteiger partial charge in [-0.1, -0.05) is 17.7 Å². The van der Waals surface area contributed by atoms with Gasteiger partial charge >= 0.3 is 0 Å². The van der Waals surface area contributed by atoms with Crippen molar-refractivity contribution in [1.29, 1.82) is 0 Å². The third-order valence-corrected chi connectivity index (χ3v) is 3.27. The second-order valence-corrected chi connectivity index (χ2v) is 5.37. The first-order valence-corrected chi connectivity index (χ1v) is 7.15. The van der Waals surface area contributed by atoms with Crippen LogP contribution in [-0.4, -0.2) is 27.8 Å². The summed E-state index contributed by atoms with van der Waals surface area (Å²) in [6.45, 7) is 6.66. The van der Waals surface area contributed by atoms with Gasteiger partial charge < -0.3 is 10.6 Å². The highest BCUT2D eigenvalue weighted by Crippen LogP contribution is 2.09. The van der Waals surface area contributed by atoms with Crippen LogP contribution < -0.4 is 10.6 Å². The Bertz CT molecular complexity index is 562. The number of carbonyl (C=O) groups excluding carboxylic acids is 1. The van der Waals surface area contributed by atoms with Crippen LogP contribution in [0.5, 0.6) is 0 Å². The molecule has 5 nitrogen and oxygen atoms in total. The molecule has 21 heavy (non-hydrogen) atoms. The minimum Gasteiger partial charge on any atom is -0.325 e. The molecule has 0 saturated carbocycles. The lowest BCUT2D eigenvalue weighted by atomic mass is 10.2. The van der Waals surface area contributed by atoms with Crippen molar-refractivity contribution in [2.75, 3.05) is 5.32 Å². The molecular weight excluding hydrogens is 264 g/mol. The van der Waals surface area contributed by atoms with Gasteiger partial charge in [0, 0.05) is 24.1 Å². The minimum atomic E-state index is -0.267. The van der Waals surface area contributed by atoms with Gasteiger partial charge in [-0.3, -0.25) is 9.48 Å². The van der Waals surface area contributed by atoms with Gasteiger partial charge in [-0.15, -0.1) is 0 Å². The van der Waals surface area contributed by atoms with Crippen LogP contribution in [0.2, 0.25) is 0 Å². The molecule has 0 aliphatic carbocycles. The molecule has 2 N–H and O–H groups in total. The monoisotopic (exact) mass is 286 g/mol. The van der Waals surface area contributed by atoms with Crippen molar-refractivity contribution in [1.82, 2.24) is 15.1 Å². The molecule has 0 bridgehead atoms. The van der Waals surface area contributed by atoms with E-state index in [1.54, 1.807) is 6.20 Å². The molecule has 2 rings (SSSR count). The molecule has 0 aliphatic rings. The Hall–Kier alpha value is -2.14. The van der Waals surface area contributed by atoms with Crippen molar-refractivity contribution < 1.29 is 4.79 Å². The Morgan fingerprint density at radius 2 is 2.00 bits per heavy atom. The van der Waals surface area contributed by atoms with Crippen LogP contribution in [0, 0.1) is 6.92 Å². The molecule has 5 heteroatoms. The molecule has 2 aromatic rings. The molecule has 112 valence electrons. The Kier molecular flexibility index (Phi) is 5.11. The van der Waals surface area contributed by atoms with E-state index in [0.29, 0.717) is 0 Å². The number of hydrogen-bond donors (Lipinski definition) is 2. The molecule has 0 fully saturated rings. The number of carbonyl (C=O) groups is 1. The zero-order valence-corrected chi connectivity index (χ0v) is 12.7. The van der Waals surface area contributed by atoms with E-state index in [0.717, 1.165) is 12.2 Å². The largest absolute Gasteiger partial charge is 0.325 e. The number of anilines is 1. The minimum absolute atomic E-state index is 0.0360. The predicted octanol–water partition coefficient (Wildman–Crippen LogP) is 2.20. The standard InChI is InChI=1S/C16H22N4O/c1-12-5-7-15(8-6-12)19-16(21)14(3)18-13(2)11-20-10-4-9-17-20/h4-10,13-14,18H,11H2,1-3H3,(H,19,21). The summed E-state index contributed by atoms with van der Waals surface area (Å²) in [6, 6.07) is 9.56. The van der Waals surface area contributed by atoms with Gasteiger partial charge in [0.1, 0.15) is 0 Å². The van der Waals surface area contributed by atoms with Crippen molar-refractivity contribution in [2.24, 2.45) is 0 Å². The molecular formula is C16H22N4O. The van der Waals surface area contributed by atoms with Gasteiger partial charge in [0.25, 0.3) is 0 Å². The van der Waals surface area contributed by atoms with Crippen molar-refractivity contribution in [3.63, 3.8) is 0 Å². The summed E-state index contributed by atoms with van der Waals surface area (Å²) < 4.78 is 1.85. The maximum Gasteiger partial charge on any atom is 0.241 e. The van der Waals surface area contributed by atoms with Crippen LogP contribution in [0.25, 0.3) is 0 Å². The number of hydrogen-bond acceptors (Lipinski definition) is 3. The maximum atomic E-state index is 12.1. The van der Waals surface area contributed by atoms with Crippen LogP contribution in [0.15, 0.2) is 42.7 Å². The number of aromatic nitrogens is 2. The Morgan fingerprint density at radius 1 is 1.29 bits per heavy atom. The summed E-state index contributed by atoms with van der Waals surface area (Å²) >= 11 is 0. The smallest absolute Gasteiger partial charge is 0.241 e. The van der Waals surface area contributed by atoms with E-state index in [2.05, 4.69) is 15.7 Å². The predicted molar refractivity (Wildman–Crippen MR) is 84.1 cm³/mol. The number of aryl methyl sites for hydroxylation is 1. The van der Waals surface area contributed by atoms with Crippen molar-refractivity contribution in [3.05, 3.63) is 48.3 Å². The fraction of sp³-hybridized carbons (Fsp3) is 0.375. The molecule has 0 spiro atoms. The third-order valence-electron chi connectivity index (χ3n) is 3.27. The van der Waals surface area contributed by atoms with E-state index in [1.807, 2.05) is 62.0 Å². The highest BCUT2D eigenvalue weighted by Gasteiger charge is 2.15. The Morgan fingerprint density at radius 3 is 2.62 bits per heavy atom.